The number of ether oxygens (including phenoxy) is 1. The minimum absolute atomic E-state index is 0.776. The zero-order chi connectivity index (χ0) is 16.6. The SMILES string of the molecule is CCCCCOc1ccccc1-c1ccccc1-c1ccccc1. The lowest BCUT2D eigenvalue weighted by molar-refractivity contribution is 0.307. The van der Waals surface area contributed by atoms with Gasteiger partial charge in [-0.05, 0) is 29.2 Å². The summed E-state index contributed by atoms with van der Waals surface area (Å²) in [5.74, 6) is 0.969. The van der Waals surface area contributed by atoms with E-state index in [4.69, 9.17) is 4.74 Å². The van der Waals surface area contributed by atoms with Crippen LogP contribution in [0, 0.1) is 0 Å². The van der Waals surface area contributed by atoms with Crippen LogP contribution in [0.15, 0.2) is 78.9 Å². The Hall–Kier alpha value is -2.54. The molecule has 0 aliphatic heterocycles. The molecule has 0 bridgehead atoms. The van der Waals surface area contributed by atoms with Crippen LogP contribution in [0.25, 0.3) is 22.3 Å². The van der Waals surface area contributed by atoms with Crippen LogP contribution < -0.4 is 4.74 Å². The molecular formula is C23H24O. The monoisotopic (exact) mass is 316 g/mol. The van der Waals surface area contributed by atoms with Gasteiger partial charge in [0.25, 0.3) is 0 Å². The number of unbranched alkanes of at least 4 members (excludes halogenated alkanes) is 2. The second-order valence-corrected chi connectivity index (χ2v) is 5.96. The molecule has 0 heterocycles. The third-order valence-electron chi connectivity index (χ3n) is 4.19. The summed E-state index contributed by atoms with van der Waals surface area (Å²) >= 11 is 0. The molecule has 3 aromatic carbocycles. The van der Waals surface area contributed by atoms with Crippen LogP contribution in [-0.2, 0) is 0 Å². The van der Waals surface area contributed by atoms with Crippen molar-refractivity contribution in [2.24, 2.45) is 0 Å². The van der Waals surface area contributed by atoms with E-state index >= 15 is 0 Å². The molecule has 24 heavy (non-hydrogen) atoms. The highest BCUT2D eigenvalue weighted by atomic mass is 16.5. The molecule has 0 fully saturated rings. The molecule has 0 atom stereocenters. The molecule has 0 aliphatic carbocycles. The quantitative estimate of drug-likeness (QED) is 0.447. The second kappa shape index (κ2) is 8.35. The lowest BCUT2D eigenvalue weighted by Gasteiger charge is -2.15. The van der Waals surface area contributed by atoms with Gasteiger partial charge in [-0.3, -0.25) is 0 Å². The summed E-state index contributed by atoms with van der Waals surface area (Å²) in [5.41, 5.74) is 4.85. The van der Waals surface area contributed by atoms with Gasteiger partial charge >= 0.3 is 0 Å². The van der Waals surface area contributed by atoms with Crippen molar-refractivity contribution >= 4 is 0 Å². The highest BCUT2D eigenvalue weighted by Gasteiger charge is 2.11. The van der Waals surface area contributed by atoms with Crippen LogP contribution in [0.2, 0.25) is 0 Å². The van der Waals surface area contributed by atoms with E-state index in [-0.39, 0.29) is 0 Å². The predicted molar refractivity (Wildman–Crippen MR) is 102 cm³/mol. The molecule has 0 unspecified atom stereocenters. The van der Waals surface area contributed by atoms with Gasteiger partial charge in [0.05, 0.1) is 6.61 Å². The minimum atomic E-state index is 0.776. The Kier molecular flexibility index (Phi) is 5.68. The van der Waals surface area contributed by atoms with Gasteiger partial charge in [0.1, 0.15) is 5.75 Å². The van der Waals surface area contributed by atoms with Gasteiger partial charge in [0.2, 0.25) is 0 Å². The van der Waals surface area contributed by atoms with E-state index in [0.29, 0.717) is 0 Å². The molecule has 0 aliphatic rings. The van der Waals surface area contributed by atoms with Crippen molar-refractivity contribution in [2.45, 2.75) is 26.2 Å². The van der Waals surface area contributed by atoms with Crippen LogP contribution >= 0.6 is 0 Å². The smallest absolute Gasteiger partial charge is 0.127 e. The van der Waals surface area contributed by atoms with Crippen LogP contribution in [0.3, 0.4) is 0 Å². The van der Waals surface area contributed by atoms with Gasteiger partial charge in [0, 0.05) is 5.56 Å². The maximum atomic E-state index is 6.08. The molecule has 0 amide bonds. The molecular weight excluding hydrogens is 292 g/mol. The van der Waals surface area contributed by atoms with Crippen LogP contribution in [0.4, 0.5) is 0 Å². The van der Waals surface area contributed by atoms with Crippen molar-refractivity contribution in [1.29, 1.82) is 0 Å². The normalized spacial score (nSPS) is 10.5. The maximum Gasteiger partial charge on any atom is 0.127 e. The number of hydrogen-bond acceptors (Lipinski definition) is 1. The lowest BCUT2D eigenvalue weighted by Crippen LogP contribution is -1.99. The van der Waals surface area contributed by atoms with E-state index in [1.807, 2.05) is 6.07 Å². The molecule has 0 N–H and O–H groups in total. The first kappa shape index (κ1) is 16.3. The van der Waals surface area contributed by atoms with E-state index < -0.39 is 0 Å². The highest BCUT2D eigenvalue weighted by Crippen LogP contribution is 2.37. The van der Waals surface area contributed by atoms with E-state index in [9.17, 15) is 0 Å². The van der Waals surface area contributed by atoms with Gasteiger partial charge in [-0.1, -0.05) is 92.6 Å². The summed E-state index contributed by atoms with van der Waals surface area (Å²) in [6.07, 6.45) is 3.52. The Balaban J connectivity index is 1.95. The Labute approximate surface area is 144 Å². The summed E-state index contributed by atoms with van der Waals surface area (Å²) in [6.45, 7) is 2.99. The molecule has 0 radical (unpaired) electrons. The molecule has 0 spiro atoms. The summed E-state index contributed by atoms with van der Waals surface area (Å²) < 4.78 is 6.08. The van der Waals surface area contributed by atoms with E-state index in [1.165, 1.54) is 29.5 Å². The van der Waals surface area contributed by atoms with E-state index in [0.717, 1.165) is 24.3 Å². The molecule has 0 aromatic heterocycles. The predicted octanol–water partition coefficient (Wildman–Crippen LogP) is 6.59. The molecule has 0 saturated carbocycles. The fraction of sp³-hybridized carbons (Fsp3) is 0.217. The van der Waals surface area contributed by atoms with Crippen molar-refractivity contribution in [1.82, 2.24) is 0 Å². The Morgan fingerprint density at radius 1 is 0.625 bits per heavy atom. The van der Waals surface area contributed by atoms with Gasteiger partial charge in [-0.15, -0.1) is 0 Å². The first-order chi connectivity index (χ1) is 11.9. The van der Waals surface area contributed by atoms with E-state index in [2.05, 4.69) is 79.7 Å². The van der Waals surface area contributed by atoms with Crippen LogP contribution in [0.5, 0.6) is 5.75 Å². The molecule has 0 saturated heterocycles. The average Bonchev–Trinajstić information content (AvgIpc) is 2.66. The van der Waals surface area contributed by atoms with Gasteiger partial charge in [-0.25, -0.2) is 0 Å². The molecule has 1 nitrogen and oxygen atoms in total. The van der Waals surface area contributed by atoms with Crippen LogP contribution in [-0.4, -0.2) is 6.61 Å². The Morgan fingerprint density at radius 2 is 1.25 bits per heavy atom. The standard InChI is InChI=1S/C23H24O/c1-2-3-11-18-24-23-17-10-9-16-22(23)21-15-8-7-14-20(21)19-12-5-4-6-13-19/h4-10,12-17H,2-3,11,18H2,1H3. The van der Waals surface area contributed by atoms with Crippen molar-refractivity contribution < 1.29 is 4.74 Å². The number of para-hydroxylation sites is 1. The molecule has 1 heteroatoms. The largest absolute Gasteiger partial charge is 0.493 e. The zero-order valence-electron chi connectivity index (χ0n) is 14.2. The maximum absolute atomic E-state index is 6.08. The van der Waals surface area contributed by atoms with Crippen molar-refractivity contribution in [2.75, 3.05) is 6.61 Å². The van der Waals surface area contributed by atoms with E-state index in [1.54, 1.807) is 0 Å². The zero-order valence-corrected chi connectivity index (χ0v) is 14.2. The minimum Gasteiger partial charge on any atom is -0.493 e. The number of benzene rings is 3. The Bertz CT molecular complexity index is 762. The van der Waals surface area contributed by atoms with Gasteiger partial charge in [0.15, 0.2) is 0 Å². The summed E-state index contributed by atoms with van der Waals surface area (Å²) in [6, 6.07) is 27.4. The fourth-order valence-electron chi connectivity index (χ4n) is 2.94. The average molecular weight is 316 g/mol. The van der Waals surface area contributed by atoms with Crippen molar-refractivity contribution in [3.8, 4) is 28.0 Å². The highest BCUT2D eigenvalue weighted by molar-refractivity contribution is 5.85. The van der Waals surface area contributed by atoms with Crippen molar-refractivity contribution in [3.63, 3.8) is 0 Å². The second-order valence-electron chi connectivity index (χ2n) is 5.96. The molecule has 122 valence electrons. The fourth-order valence-corrected chi connectivity index (χ4v) is 2.94. The van der Waals surface area contributed by atoms with Gasteiger partial charge < -0.3 is 4.74 Å². The van der Waals surface area contributed by atoms with Crippen molar-refractivity contribution in [3.05, 3.63) is 78.9 Å². The number of rotatable bonds is 7. The summed E-state index contributed by atoms with van der Waals surface area (Å²) in [4.78, 5) is 0. The van der Waals surface area contributed by atoms with Gasteiger partial charge in [-0.2, -0.15) is 0 Å². The van der Waals surface area contributed by atoms with Crippen LogP contribution in [0.1, 0.15) is 26.2 Å². The molecule has 3 rings (SSSR count). The first-order valence-electron chi connectivity index (χ1n) is 8.77. The Morgan fingerprint density at radius 3 is 2.00 bits per heavy atom. The first-order valence-corrected chi connectivity index (χ1v) is 8.77. The third kappa shape index (κ3) is 3.86. The third-order valence-corrected chi connectivity index (χ3v) is 4.19. The topological polar surface area (TPSA) is 9.23 Å². The number of hydrogen-bond donors (Lipinski definition) is 0. The molecule has 3 aromatic rings. The lowest BCUT2D eigenvalue weighted by atomic mass is 9.94. The summed E-state index contributed by atoms with van der Waals surface area (Å²) in [7, 11) is 0. The summed E-state index contributed by atoms with van der Waals surface area (Å²) in [5, 5.41) is 0.